The first-order chi connectivity index (χ1) is 14.1. The molecule has 1 aromatic carbocycles. The van der Waals surface area contributed by atoms with Crippen molar-refractivity contribution in [1.29, 1.82) is 0 Å². The van der Waals surface area contributed by atoms with Gasteiger partial charge in [-0.25, -0.2) is 4.79 Å². The van der Waals surface area contributed by atoms with Crippen LogP contribution in [0.4, 0.5) is 10.5 Å². The molecular weight excluding hydrogens is 452 g/mol. The first-order valence-electron chi connectivity index (χ1n) is 9.97. The van der Waals surface area contributed by atoms with Crippen LogP contribution in [0.1, 0.15) is 23.3 Å². The van der Waals surface area contributed by atoms with Crippen LogP contribution >= 0.6 is 27.3 Å². The molecule has 2 aromatic rings. The highest BCUT2D eigenvalue weighted by atomic mass is 79.9. The van der Waals surface area contributed by atoms with Crippen LogP contribution in [0.2, 0.25) is 0 Å². The van der Waals surface area contributed by atoms with Crippen molar-refractivity contribution in [1.82, 2.24) is 15.1 Å². The molecule has 3 heterocycles. The zero-order chi connectivity index (χ0) is 20.2. The van der Waals surface area contributed by atoms with E-state index in [0.717, 1.165) is 60.7 Å². The highest BCUT2D eigenvalue weighted by Crippen LogP contribution is 2.24. The number of hydrogen-bond acceptors (Lipinski definition) is 4. The molecule has 2 aliphatic rings. The summed E-state index contributed by atoms with van der Waals surface area (Å²) in [7, 11) is 0. The van der Waals surface area contributed by atoms with Crippen molar-refractivity contribution in [3.8, 4) is 0 Å². The van der Waals surface area contributed by atoms with E-state index < -0.39 is 0 Å². The minimum Gasteiger partial charge on any atom is -0.334 e. The molecule has 2 aliphatic heterocycles. The number of nitrogens with one attached hydrogen (secondary N) is 1. The van der Waals surface area contributed by atoms with E-state index in [-0.39, 0.29) is 11.9 Å². The Labute approximate surface area is 183 Å². The molecule has 0 aliphatic carbocycles. The summed E-state index contributed by atoms with van der Waals surface area (Å²) in [5.74, 6) is 0.180. The summed E-state index contributed by atoms with van der Waals surface area (Å²) in [5.41, 5.74) is 1.94. The molecule has 1 aromatic heterocycles. The first kappa shape index (κ1) is 20.4. The number of carbonyl (C=O) groups is 2. The number of hydrogen-bond donors (Lipinski definition) is 1. The molecule has 3 amide bonds. The van der Waals surface area contributed by atoms with Gasteiger partial charge in [0.25, 0.3) is 0 Å². The molecule has 6 nitrogen and oxygen atoms in total. The first-order valence-corrected chi connectivity index (χ1v) is 11.6. The molecule has 0 bridgehead atoms. The Bertz CT molecular complexity index is 879. The number of nitrogens with zero attached hydrogens (tertiary/aromatic N) is 3. The lowest BCUT2D eigenvalue weighted by Crippen LogP contribution is -2.51. The van der Waals surface area contributed by atoms with E-state index in [2.05, 4.69) is 38.3 Å². The summed E-state index contributed by atoms with van der Waals surface area (Å²) in [4.78, 5) is 31.9. The van der Waals surface area contributed by atoms with Crippen molar-refractivity contribution in [3.05, 3.63) is 50.6 Å². The maximum absolute atomic E-state index is 12.6. The number of benzene rings is 1. The summed E-state index contributed by atoms with van der Waals surface area (Å²) in [5, 5.41) is 3.03. The van der Waals surface area contributed by atoms with Gasteiger partial charge in [0, 0.05) is 62.8 Å². The zero-order valence-corrected chi connectivity index (χ0v) is 18.7. The van der Waals surface area contributed by atoms with E-state index in [4.69, 9.17) is 0 Å². The van der Waals surface area contributed by atoms with E-state index in [1.54, 1.807) is 11.3 Å². The van der Waals surface area contributed by atoms with Gasteiger partial charge >= 0.3 is 6.03 Å². The van der Waals surface area contributed by atoms with Crippen LogP contribution in [0.25, 0.3) is 0 Å². The number of urea groups is 1. The third-order valence-electron chi connectivity index (χ3n) is 5.41. The summed E-state index contributed by atoms with van der Waals surface area (Å²) in [6, 6.07) is 12.1. The fraction of sp³-hybridized carbons (Fsp3) is 0.429. The molecule has 2 fully saturated rings. The Morgan fingerprint density at radius 1 is 1.10 bits per heavy atom. The van der Waals surface area contributed by atoms with Crippen LogP contribution in [0.15, 0.2) is 40.2 Å². The molecule has 8 heteroatoms. The largest absolute Gasteiger partial charge is 0.334 e. The molecule has 2 saturated heterocycles. The second kappa shape index (κ2) is 9.28. The third kappa shape index (κ3) is 5.18. The number of piperazine rings is 1. The summed E-state index contributed by atoms with van der Waals surface area (Å²) in [6.45, 7) is 5.43. The van der Waals surface area contributed by atoms with Crippen LogP contribution in [-0.2, 0) is 17.9 Å². The third-order valence-corrected chi connectivity index (χ3v) is 7.02. The van der Waals surface area contributed by atoms with E-state index in [1.165, 1.54) is 4.88 Å². The second-order valence-electron chi connectivity index (χ2n) is 7.45. The molecule has 0 saturated carbocycles. The summed E-state index contributed by atoms with van der Waals surface area (Å²) < 4.78 is 1.16. The lowest BCUT2D eigenvalue weighted by molar-refractivity contribution is -0.117. The van der Waals surface area contributed by atoms with E-state index >= 15 is 0 Å². The smallest absolute Gasteiger partial charge is 0.317 e. The van der Waals surface area contributed by atoms with E-state index in [1.807, 2.05) is 34.1 Å². The second-order valence-corrected chi connectivity index (χ2v) is 9.99. The van der Waals surface area contributed by atoms with Crippen molar-refractivity contribution >= 4 is 44.9 Å². The van der Waals surface area contributed by atoms with Gasteiger partial charge in [0.05, 0.1) is 3.79 Å². The minimum atomic E-state index is -0.0221. The maximum atomic E-state index is 12.6. The fourth-order valence-electron chi connectivity index (χ4n) is 3.81. The van der Waals surface area contributed by atoms with Crippen molar-refractivity contribution in [2.45, 2.75) is 25.9 Å². The number of carbonyl (C=O) groups excluding carboxylic acids is 2. The Kier molecular flexibility index (Phi) is 6.52. The van der Waals surface area contributed by atoms with Crippen LogP contribution in [0, 0.1) is 0 Å². The predicted octanol–water partition coefficient (Wildman–Crippen LogP) is 3.66. The number of anilines is 1. The van der Waals surface area contributed by atoms with Gasteiger partial charge in [0.2, 0.25) is 5.91 Å². The predicted molar refractivity (Wildman–Crippen MR) is 119 cm³/mol. The Balaban J connectivity index is 1.25. The van der Waals surface area contributed by atoms with Crippen molar-refractivity contribution in [2.24, 2.45) is 0 Å². The Morgan fingerprint density at radius 2 is 1.93 bits per heavy atom. The molecular formula is C21H25BrN4O2S. The Hall–Kier alpha value is -1.90. The SMILES string of the molecule is O=C(NCc1cccc(N2CCCC2=O)c1)N1CCN(Cc2ccc(Br)s2)CC1. The molecule has 0 spiro atoms. The highest BCUT2D eigenvalue weighted by molar-refractivity contribution is 9.11. The van der Waals surface area contributed by atoms with Gasteiger partial charge in [-0.1, -0.05) is 12.1 Å². The van der Waals surface area contributed by atoms with Crippen LogP contribution in [-0.4, -0.2) is 54.5 Å². The standard InChI is InChI=1S/C21H25BrN4O2S/c22-19-7-6-18(29-19)15-24-9-11-25(12-10-24)21(28)23-14-16-3-1-4-17(13-16)26-8-2-5-20(26)27/h1,3-4,6-7,13H,2,5,8-12,14-15H2,(H,23,28). The Morgan fingerprint density at radius 3 is 2.62 bits per heavy atom. The van der Waals surface area contributed by atoms with Gasteiger partial charge in [-0.05, 0) is 52.2 Å². The molecule has 29 heavy (non-hydrogen) atoms. The topological polar surface area (TPSA) is 55.9 Å². The van der Waals surface area contributed by atoms with Crippen LogP contribution in [0.5, 0.6) is 0 Å². The number of thiophene rings is 1. The average molecular weight is 477 g/mol. The molecule has 0 radical (unpaired) electrons. The molecule has 0 unspecified atom stereocenters. The van der Waals surface area contributed by atoms with Crippen LogP contribution < -0.4 is 10.2 Å². The molecule has 4 rings (SSSR count). The summed E-state index contributed by atoms with van der Waals surface area (Å²) >= 11 is 5.27. The number of amides is 3. The average Bonchev–Trinajstić information content (AvgIpc) is 3.35. The minimum absolute atomic E-state index is 0.0221. The normalized spacial score (nSPS) is 17.8. The van der Waals surface area contributed by atoms with Crippen molar-refractivity contribution < 1.29 is 9.59 Å². The number of rotatable bonds is 5. The maximum Gasteiger partial charge on any atom is 0.317 e. The quantitative estimate of drug-likeness (QED) is 0.715. The lowest BCUT2D eigenvalue weighted by atomic mass is 10.2. The molecule has 1 N–H and O–H groups in total. The summed E-state index contributed by atoms with van der Waals surface area (Å²) in [6.07, 6.45) is 1.53. The number of halogens is 1. The van der Waals surface area contributed by atoms with Gasteiger partial charge in [-0.15, -0.1) is 11.3 Å². The van der Waals surface area contributed by atoms with E-state index in [0.29, 0.717) is 13.0 Å². The highest BCUT2D eigenvalue weighted by Gasteiger charge is 2.23. The van der Waals surface area contributed by atoms with Gasteiger partial charge in [0.1, 0.15) is 0 Å². The van der Waals surface area contributed by atoms with E-state index in [9.17, 15) is 9.59 Å². The monoisotopic (exact) mass is 476 g/mol. The van der Waals surface area contributed by atoms with Gasteiger partial charge in [-0.3, -0.25) is 9.69 Å². The van der Waals surface area contributed by atoms with Crippen molar-refractivity contribution in [2.75, 3.05) is 37.6 Å². The van der Waals surface area contributed by atoms with Crippen molar-refractivity contribution in [3.63, 3.8) is 0 Å². The van der Waals surface area contributed by atoms with Gasteiger partial charge in [0.15, 0.2) is 0 Å². The van der Waals surface area contributed by atoms with Gasteiger partial charge < -0.3 is 15.1 Å². The fourth-order valence-corrected chi connectivity index (χ4v) is 5.34. The molecule has 154 valence electrons. The van der Waals surface area contributed by atoms with Gasteiger partial charge in [-0.2, -0.15) is 0 Å². The van der Waals surface area contributed by atoms with Crippen LogP contribution in [0.3, 0.4) is 0 Å². The lowest BCUT2D eigenvalue weighted by Gasteiger charge is -2.34. The zero-order valence-electron chi connectivity index (χ0n) is 16.3. The molecule has 0 atom stereocenters.